The van der Waals surface area contributed by atoms with E-state index in [1.807, 2.05) is 12.1 Å². The average molecular weight is 268 g/mol. The van der Waals surface area contributed by atoms with Gasteiger partial charge in [-0.05, 0) is 23.1 Å². The summed E-state index contributed by atoms with van der Waals surface area (Å²) in [5.41, 5.74) is 1.67. The van der Waals surface area contributed by atoms with Crippen molar-refractivity contribution in [1.82, 2.24) is 5.32 Å². The molecule has 0 aromatic heterocycles. The van der Waals surface area contributed by atoms with Crippen LogP contribution in [0.3, 0.4) is 0 Å². The Morgan fingerprint density at radius 1 is 1.17 bits per heavy atom. The highest BCUT2D eigenvalue weighted by atomic mass is 35.5. The molecule has 0 spiro atoms. The van der Waals surface area contributed by atoms with E-state index in [2.05, 4.69) is 26.1 Å². The number of carbonyl (C=O) groups is 2. The maximum atomic E-state index is 11.7. The Bertz CT molecular complexity index is 432. The summed E-state index contributed by atoms with van der Waals surface area (Å²) in [6.45, 7) is 6.31. The average Bonchev–Trinajstić information content (AvgIpc) is 2.28. The normalized spacial score (nSPS) is 11.1. The molecule has 0 bridgehead atoms. The monoisotopic (exact) mass is 267 g/mol. The van der Waals surface area contributed by atoms with E-state index < -0.39 is 0 Å². The predicted molar refractivity (Wildman–Crippen MR) is 73.0 cm³/mol. The zero-order valence-corrected chi connectivity index (χ0v) is 11.7. The summed E-state index contributed by atoms with van der Waals surface area (Å²) >= 11 is 5.42. The molecule has 0 fully saturated rings. The number of rotatable bonds is 3. The van der Waals surface area contributed by atoms with E-state index in [4.69, 9.17) is 11.6 Å². The van der Waals surface area contributed by atoms with Gasteiger partial charge < -0.3 is 0 Å². The van der Waals surface area contributed by atoms with Gasteiger partial charge >= 0.3 is 0 Å². The second-order valence-corrected chi connectivity index (χ2v) is 5.52. The SMILES string of the molecule is CC(C)(C)c1ccc(C(=O)NC(=O)CCCl)cc1. The third-order valence-corrected chi connectivity index (χ3v) is 2.78. The number of halogens is 1. The van der Waals surface area contributed by atoms with Crippen LogP contribution in [-0.4, -0.2) is 17.7 Å². The van der Waals surface area contributed by atoms with E-state index in [1.54, 1.807) is 12.1 Å². The second-order valence-electron chi connectivity index (χ2n) is 5.14. The van der Waals surface area contributed by atoms with Crippen LogP contribution in [0.25, 0.3) is 0 Å². The van der Waals surface area contributed by atoms with E-state index in [9.17, 15) is 9.59 Å². The van der Waals surface area contributed by atoms with Crippen molar-refractivity contribution in [1.29, 1.82) is 0 Å². The Labute approximate surface area is 113 Å². The van der Waals surface area contributed by atoms with E-state index in [1.165, 1.54) is 0 Å². The molecule has 1 N–H and O–H groups in total. The maximum Gasteiger partial charge on any atom is 0.257 e. The lowest BCUT2D eigenvalue weighted by Crippen LogP contribution is -2.30. The van der Waals surface area contributed by atoms with Crippen molar-refractivity contribution in [2.24, 2.45) is 0 Å². The van der Waals surface area contributed by atoms with Crippen molar-refractivity contribution in [3.63, 3.8) is 0 Å². The van der Waals surface area contributed by atoms with Gasteiger partial charge in [0.05, 0.1) is 0 Å². The number of amides is 2. The van der Waals surface area contributed by atoms with Gasteiger partial charge in [-0.1, -0.05) is 32.9 Å². The van der Waals surface area contributed by atoms with Crippen molar-refractivity contribution >= 4 is 23.4 Å². The number of imide groups is 1. The highest BCUT2D eigenvalue weighted by Crippen LogP contribution is 2.22. The quantitative estimate of drug-likeness (QED) is 0.856. The Kier molecular flexibility index (Phi) is 4.91. The van der Waals surface area contributed by atoms with Crippen molar-refractivity contribution in [2.75, 3.05) is 5.88 Å². The Morgan fingerprint density at radius 3 is 2.17 bits per heavy atom. The third-order valence-electron chi connectivity index (χ3n) is 2.59. The minimum Gasteiger partial charge on any atom is -0.292 e. The van der Waals surface area contributed by atoms with Crippen LogP contribution >= 0.6 is 11.6 Å². The maximum absolute atomic E-state index is 11.7. The zero-order chi connectivity index (χ0) is 13.8. The molecule has 0 aliphatic rings. The summed E-state index contributed by atoms with van der Waals surface area (Å²) in [4.78, 5) is 23.0. The summed E-state index contributed by atoms with van der Waals surface area (Å²) in [5.74, 6) is -0.525. The molecule has 4 heteroatoms. The number of alkyl halides is 1. The molecule has 0 heterocycles. The van der Waals surface area contributed by atoms with Crippen LogP contribution in [0, 0.1) is 0 Å². The first-order valence-electron chi connectivity index (χ1n) is 5.85. The molecule has 3 nitrogen and oxygen atoms in total. The van der Waals surface area contributed by atoms with E-state index in [-0.39, 0.29) is 29.5 Å². The van der Waals surface area contributed by atoms with Crippen LogP contribution in [0.5, 0.6) is 0 Å². The predicted octanol–water partition coefficient (Wildman–Crippen LogP) is 2.87. The lowest BCUT2D eigenvalue weighted by molar-refractivity contribution is -0.119. The fraction of sp³-hybridized carbons (Fsp3) is 0.429. The summed E-state index contributed by atoms with van der Waals surface area (Å²) in [6.07, 6.45) is 0.146. The van der Waals surface area contributed by atoms with Gasteiger partial charge in [0, 0.05) is 17.9 Å². The molecule has 0 radical (unpaired) electrons. The van der Waals surface area contributed by atoms with E-state index >= 15 is 0 Å². The summed E-state index contributed by atoms with van der Waals surface area (Å²) < 4.78 is 0. The first-order chi connectivity index (χ1) is 8.34. The van der Waals surface area contributed by atoms with Crippen LogP contribution in [0.4, 0.5) is 0 Å². The van der Waals surface area contributed by atoms with Gasteiger partial charge in [0.15, 0.2) is 0 Å². The molecular weight excluding hydrogens is 250 g/mol. The third kappa shape index (κ3) is 4.15. The summed E-state index contributed by atoms with van der Waals surface area (Å²) in [6, 6.07) is 7.26. The molecular formula is C14H18ClNO2. The first kappa shape index (κ1) is 14.7. The molecule has 0 unspecified atom stereocenters. The van der Waals surface area contributed by atoms with E-state index in [0.29, 0.717) is 5.56 Å². The molecule has 1 aromatic rings. The van der Waals surface area contributed by atoms with Crippen molar-refractivity contribution in [3.05, 3.63) is 35.4 Å². The fourth-order valence-electron chi connectivity index (χ4n) is 1.47. The van der Waals surface area contributed by atoms with E-state index in [0.717, 1.165) is 5.56 Å². The van der Waals surface area contributed by atoms with Crippen LogP contribution in [0.15, 0.2) is 24.3 Å². The molecule has 1 aromatic carbocycles. The van der Waals surface area contributed by atoms with Crippen LogP contribution in [0.2, 0.25) is 0 Å². The lowest BCUT2D eigenvalue weighted by Gasteiger charge is -2.18. The Balaban J connectivity index is 2.74. The largest absolute Gasteiger partial charge is 0.292 e. The highest BCUT2D eigenvalue weighted by Gasteiger charge is 2.15. The molecule has 0 atom stereocenters. The number of carbonyl (C=O) groups excluding carboxylic acids is 2. The molecule has 1 rings (SSSR count). The highest BCUT2D eigenvalue weighted by molar-refractivity contribution is 6.19. The standard InChI is InChI=1S/C14H18ClNO2/c1-14(2,3)11-6-4-10(5-7-11)13(18)16-12(17)8-9-15/h4-7H,8-9H2,1-3H3,(H,16,17,18). The topological polar surface area (TPSA) is 46.2 Å². The minimum atomic E-state index is -0.384. The van der Waals surface area contributed by atoms with Crippen molar-refractivity contribution in [2.45, 2.75) is 32.6 Å². The Hall–Kier alpha value is -1.35. The van der Waals surface area contributed by atoms with Crippen LogP contribution in [-0.2, 0) is 10.2 Å². The van der Waals surface area contributed by atoms with Gasteiger partial charge in [-0.15, -0.1) is 11.6 Å². The van der Waals surface area contributed by atoms with Crippen LogP contribution < -0.4 is 5.32 Å². The number of nitrogens with one attached hydrogen (secondary N) is 1. The molecule has 98 valence electrons. The van der Waals surface area contributed by atoms with Gasteiger partial charge in [0.2, 0.25) is 5.91 Å². The van der Waals surface area contributed by atoms with Gasteiger partial charge in [-0.3, -0.25) is 14.9 Å². The first-order valence-corrected chi connectivity index (χ1v) is 6.38. The fourth-order valence-corrected chi connectivity index (χ4v) is 1.64. The summed E-state index contributed by atoms with van der Waals surface area (Å²) in [7, 11) is 0. The molecule has 0 aliphatic heterocycles. The van der Waals surface area contributed by atoms with Gasteiger partial charge in [-0.2, -0.15) is 0 Å². The lowest BCUT2D eigenvalue weighted by atomic mass is 9.87. The van der Waals surface area contributed by atoms with Crippen LogP contribution in [0.1, 0.15) is 43.1 Å². The Morgan fingerprint density at radius 2 is 1.72 bits per heavy atom. The molecule has 0 aliphatic carbocycles. The van der Waals surface area contributed by atoms with Crippen molar-refractivity contribution in [3.8, 4) is 0 Å². The molecule has 18 heavy (non-hydrogen) atoms. The van der Waals surface area contributed by atoms with Gasteiger partial charge in [0.25, 0.3) is 5.91 Å². The second kappa shape index (κ2) is 6.01. The van der Waals surface area contributed by atoms with Gasteiger partial charge in [-0.25, -0.2) is 0 Å². The smallest absolute Gasteiger partial charge is 0.257 e. The molecule has 0 saturated carbocycles. The number of benzene rings is 1. The number of hydrogen-bond acceptors (Lipinski definition) is 2. The minimum absolute atomic E-state index is 0.0451. The molecule has 2 amide bonds. The summed E-state index contributed by atoms with van der Waals surface area (Å²) in [5, 5.41) is 2.29. The number of hydrogen-bond donors (Lipinski definition) is 1. The molecule has 0 saturated heterocycles. The van der Waals surface area contributed by atoms with Gasteiger partial charge in [0.1, 0.15) is 0 Å². The van der Waals surface area contributed by atoms with Crippen molar-refractivity contribution < 1.29 is 9.59 Å². The zero-order valence-electron chi connectivity index (χ0n) is 10.9.